The molecule has 2 aromatic carbocycles. The van der Waals surface area contributed by atoms with Gasteiger partial charge in [-0.05, 0) is 43.7 Å². The minimum atomic E-state index is -0.930. The van der Waals surface area contributed by atoms with Crippen molar-refractivity contribution in [2.45, 2.75) is 19.9 Å². The SMILES string of the molecule is Cc1ccc2[nH]nc(C(=O)N(C)C(C)c3ccc(F)c(F)c3)c2c1. The molecule has 3 aromatic rings. The van der Waals surface area contributed by atoms with Crippen LogP contribution in [0.3, 0.4) is 0 Å². The van der Waals surface area contributed by atoms with Gasteiger partial charge in [-0.1, -0.05) is 17.7 Å². The lowest BCUT2D eigenvalue weighted by atomic mass is 10.1. The van der Waals surface area contributed by atoms with Gasteiger partial charge >= 0.3 is 0 Å². The molecule has 0 bridgehead atoms. The summed E-state index contributed by atoms with van der Waals surface area (Å²) in [5.41, 5.74) is 2.62. The topological polar surface area (TPSA) is 49.0 Å². The van der Waals surface area contributed by atoms with E-state index in [-0.39, 0.29) is 5.91 Å². The summed E-state index contributed by atoms with van der Waals surface area (Å²) in [4.78, 5) is 14.2. The highest BCUT2D eigenvalue weighted by Crippen LogP contribution is 2.25. The quantitative estimate of drug-likeness (QED) is 0.790. The van der Waals surface area contributed by atoms with E-state index in [4.69, 9.17) is 0 Å². The summed E-state index contributed by atoms with van der Waals surface area (Å²) in [6.45, 7) is 3.69. The van der Waals surface area contributed by atoms with Gasteiger partial charge in [0.05, 0.1) is 11.6 Å². The molecule has 0 aliphatic rings. The Morgan fingerprint density at radius 2 is 1.92 bits per heavy atom. The van der Waals surface area contributed by atoms with Crippen LogP contribution in [-0.2, 0) is 0 Å². The summed E-state index contributed by atoms with van der Waals surface area (Å²) in [6.07, 6.45) is 0. The van der Waals surface area contributed by atoms with E-state index in [1.54, 1.807) is 14.0 Å². The smallest absolute Gasteiger partial charge is 0.275 e. The maximum absolute atomic E-state index is 13.4. The van der Waals surface area contributed by atoms with Crippen LogP contribution in [0.25, 0.3) is 10.9 Å². The lowest BCUT2D eigenvalue weighted by Crippen LogP contribution is -2.30. The van der Waals surface area contributed by atoms with Gasteiger partial charge in [0.2, 0.25) is 0 Å². The van der Waals surface area contributed by atoms with Crippen molar-refractivity contribution in [1.29, 1.82) is 0 Å². The predicted octanol–water partition coefficient (Wildman–Crippen LogP) is 3.98. The lowest BCUT2D eigenvalue weighted by Gasteiger charge is -2.24. The van der Waals surface area contributed by atoms with E-state index in [2.05, 4.69) is 10.2 Å². The third-order valence-electron chi connectivity index (χ3n) is 4.25. The van der Waals surface area contributed by atoms with Crippen LogP contribution in [0.2, 0.25) is 0 Å². The van der Waals surface area contributed by atoms with Crippen LogP contribution in [0.5, 0.6) is 0 Å². The van der Waals surface area contributed by atoms with Gasteiger partial charge in [-0.25, -0.2) is 8.78 Å². The average Bonchev–Trinajstić information content (AvgIpc) is 2.98. The number of carbonyl (C=O) groups is 1. The summed E-state index contributed by atoms with van der Waals surface area (Å²) in [5.74, 6) is -2.13. The molecule has 1 amide bonds. The summed E-state index contributed by atoms with van der Waals surface area (Å²) in [6, 6.07) is 8.91. The number of fused-ring (bicyclic) bond motifs is 1. The minimum absolute atomic E-state index is 0.288. The van der Waals surface area contributed by atoms with Gasteiger partial charge in [-0.15, -0.1) is 0 Å². The third kappa shape index (κ3) is 2.75. The van der Waals surface area contributed by atoms with E-state index in [1.165, 1.54) is 11.0 Å². The molecule has 0 aliphatic heterocycles. The van der Waals surface area contributed by atoms with Gasteiger partial charge < -0.3 is 4.90 Å². The van der Waals surface area contributed by atoms with Crippen molar-refractivity contribution in [2.75, 3.05) is 7.05 Å². The van der Waals surface area contributed by atoms with Crippen LogP contribution in [0.15, 0.2) is 36.4 Å². The Bertz CT molecular complexity index is 920. The van der Waals surface area contributed by atoms with Gasteiger partial charge in [-0.3, -0.25) is 9.89 Å². The third-order valence-corrected chi connectivity index (χ3v) is 4.25. The molecule has 0 aliphatic carbocycles. The number of aromatic nitrogens is 2. The second-order valence-electron chi connectivity index (χ2n) is 5.89. The fraction of sp³-hybridized carbons (Fsp3) is 0.222. The normalized spacial score (nSPS) is 12.4. The van der Waals surface area contributed by atoms with Gasteiger partial charge in [0.25, 0.3) is 5.91 Å². The van der Waals surface area contributed by atoms with Crippen molar-refractivity contribution >= 4 is 16.8 Å². The maximum atomic E-state index is 13.4. The number of H-pyrrole nitrogens is 1. The number of benzene rings is 2. The maximum Gasteiger partial charge on any atom is 0.275 e. The highest BCUT2D eigenvalue weighted by molar-refractivity contribution is 6.04. The zero-order chi connectivity index (χ0) is 17.4. The number of carbonyl (C=O) groups excluding carboxylic acids is 1. The van der Waals surface area contributed by atoms with Gasteiger partial charge in [0.1, 0.15) is 0 Å². The molecule has 24 heavy (non-hydrogen) atoms. The number of rotatable bonds is 3. The van der Waals surface area contributed by atoms with Crippen molar-refractivity contribution in [3.63, 3.8) is 0 Å². The van der Waals surface area contributed by atoms with Crippen LogP contribution in [0.1, 0.15) is 34.6 Å². The van der Waals surface area contributed by atoms with Crippen molar-refractivity contribution in [1.82, 2.24) is 15.1 Å². The molecular weight excluding hydrogens is 312 g/mol. The zero-order valence-electron chi connectivity index (χ0n) is 13.6. The Morgan fingerprint density at radius 1 is 1.17 bits per heavy atom. The van der Waals surface area contributed by atoms with Crippen molar-refractivity contribution < 1.29 is 13.6 Å². The molecule has 0 saturated carbocycles. The van der Waals surface area contributed by atoms with E-state index in [0.717, 1.165) is 28.6 Å². The molecular formula is C18H17F2N3O. The van der Waals surface area contributed by atoms with Crippen LogP contribution in [0.4, 0.5) is 8.78 Å². The molecule has 0 radical (unpaired) electrons. The molecule has 1 atom stereocenters. The fourth-order valence-corrected chi connectivity index (χ4v) is 2.63. The van der Waals surface area contributed by atoms with Gasteiger partial charge in [0, 0.05) is 12.4 Å². The zero-order valence-corrected chi connectivity index (χ0v) is 13.6. The standard InChI is InChI=1S/C18H17F2N3O/c1-10-4-7-16-13(8-10)17(22-21-16)18(24)23(3)11(2)12-5-6-14(19)15(20)9-12/h4-9,11H,1-3H3,(H,21,22). The van der Waals surface area contributed by atoms with E-state index >= 15 is 0 Å². The summed E-state index contributed by atoms with van der Waals surface area (Å²) < 4.78 is 26.5. The highest BCUT2D eigenvalue weighted by atomic mass is 19.2. The van der Waals surface area contributed by atoms with E-state index in [1.807, 2.05) is 25.1 Å². The molecule has 6 heteroatoms. The Kier molecular flexibility index (Phi) is 4.05. The molecule has 4 nitrogen and oxygen atoms in total. The van der Waals surface area contributed by atoms with Crippen LogP contribution in [0, 0.1) is 18.6 Å². The second kappa shape index (κ2) is 6.03. The molecule has 1 unspecified atom stereocenters. The Labute approximate surface area is 138 Å². The number of amides is 1. The first-order chi connectivity index (χ1) is 11.4. The van der Waals surface area contributed by atoms with Gasteiger partial charge in [-0.2, -0.15) is 5.10 Å². The van der Waals surface area contributed by atoms with Crippen molar-refractivity contribution in [3.8, 4) is 0 Å². The van der Waals surface area contributed by atoms with Crippen LogP contribution in [-0.4, -0.2) is 28.1 Å². The number of nitrogens with zero attached hydrogens (tertiary/aromatic N) is 2. The predicted molar refractivity (Wildman–Crippen MR) is 87.7 cm³/mol. The second-order valence-corrected chi connectivity index (χ2v) is 5.89. The number of hydrogen-bond acceptors (Lipinski definition) is 2. The van der Waals surface area contributed by atoms with Crippen molar-refractivity contribution in [3.05, 3.63) is 64.9 Å². The molecule has 0 saturated heterocycles. The Hall–Kier alpha value is -2.76. The summed E-state index contributed by atoms with van der Waals surface area (Å²) >= 11 is 0. The van der Waals surface area contributed by atoms with Gasteiger partial charge in [0.15, 0.2) is 17.3 Å². The highest BCUT2D eigenvalue weighted by Gasteiger charge is 2.23. The minimum Gasteiger partial charge on any atom is -0.334 e. The molecule has 1 heterocycles. The summed E-state index contributed by atoms with van der Waals surface area (Å²) in [5, 5.41) is 7.69. The molecule has 1 aromatic heterocycles. The Balaban J connectivity index is 1.93. The van der Waals surface area contributed by atoms with Crippen molar-refractivity contribution in [2.24, 2.45) is 0 Å². The van der Waals surface area contributed by atoms with E-state index in [9.17, 15) is 13.6 Å². The van der Waals surface area contributed by atoms with Crippen LogP contribution >= 0.6 is 0 Å². The first-order valence-corrected chi connectivity index (χ1v) is 7.55. The summed E-state index contributed by atoms with van der Waals surface area (Å²) in [7, 11) is 1.62. The van der Waals surface area contributed by atoms with E-state index in [0.29, 0.717) is 11.3 Å². The number of hydrogen-bond donors (Lipinski definition) is 1. The molecule has 124 valence electrons. The molecule has 0 spiro atoms. The van der Waals surface area contributed by atoms with E-state index < -0.39 is 17.7 Å². The largest absolute Gasteiger partial charge is 0.334 e. The van der Waals surface area contributed by atoms with Crippen LogP contribution < -0.4 is 0 Å². The lowest BCUT2D eigenvalue weighted by molar-refractivity contribution is 0.0738. The molecule has 0 fully saturated rings. The number of aromatic amines is 1. The monoisotopic (exact) mass is 329 g/mol. The average molecular weight is 329 g/mol. The first kappa shape index (κ1) is 16.1. The molecule has 1 N–H and O–H groups in total. The fourth-order valence-electron chi connectivity index (χ4n) is 2.63. The number of aryl methyl sites for hydroxylation is 1. The molecule has 3 rings (SSSR count). The first-order valence-electron chi connectivity index (χ1n) is 7.55. The Morgan fingerprint density at radius 3 is 2.62 bits per heavy atom. The number of nitrogens with one attached hydrogen (secondary N) is 1. The number of halogens is 2.